The fraction of sp³-hybridized carbons (Fsp3) is 0. The zero-order valence-electron chi connectivity index (χ0n) is 28.2. The van der Waals surface area contributed by atoms with Crippen LogP contribution in [0, 0.1) is 0 Å². The van der Waals surface area contributed by atoms with Crippen LogP contribution in [0.2, 0.25) is 0 Å². The maximum absolute atomic E-state index is 2.53. The lowest BCUT2D eigenvalue weighted by Crippen LogP contribution is -1.96. The van der Waals surface area contributed by atoms with Gasteiger partial charge < -0.3 is 9.13 Å². The van der Waals surface area contributed by atoms with Gasteiger partial charge in [0.1, 0.15) is 0 Å². The third-order valence-electron chi connectivity index (χ3n) is 11.4. The molecule has 0 fully saturated rings. The van der Waals surface area contributed by atoms with Gasteiger partial charge in [0.2, 0.25) is 0 Å². The first-order valence-electron chi connectivity index (χ1n) is 18.0. The molecular formula is C50H30N2. The molecule has 240 valence electrons. The molecule has 0 amide bonds. The highest BCUT2D eigenvalue weighted by atomic mass is 15.0. The van der Waals surface area contributed by atoms with Gasteiger partial charge in [-0.1, -0.05) is 146 Å². The van der Waals surface area contributed by atoms with E-state index in [4.69, 9.17) is 0 Å². The first-order valence-corrected chi connectivity index (χ1v) is 18.0. The quantitative estimate of drug-likeness (QED) is 0.179. The topological polar surface area (TPSA) is 9.86 Å². The lowest BCUT2D eigenvalue weighted by atomic mass is 10.0. The van der Waals surface area contributed by atoms with Crippen LogP contribution in [-0.2, 0) is 0 Å². The first-order chi connectivity index (χ1) is 25.8. The lowest BCUT2D eigenvalue weighted by Gasteiger charge is -2.13. The molecular weight excluding hydrogens is 629 g/mol. The smallest absolute Gasteiger partial charge is 0.0641 e. The van der Waals surface area contributed by atoms with Crippen LogP contribution in [0.25, 0.3) is 110 Å². The Labute approximate surface area is 300 Å². The second-order valence-electron chi connectivity index (χ2n) is 14.1. The van der Waals surface area contributed by atoms with E-state index in [-0.39, 0.29) is 0 Å². The number of hydrogen-bond acceptors (Lipinski definition) is 0. The summed E-state index contributed by atoms with van der Waals surface area (Å²) in [5, 5.41) is 10.2. The van der Waals surface area contributed by atoms with Crippen molar-refractivity contribution in [3.05, 3.63) is 182 Å². The molecule has 0 N–H and O–H groups in total. The van der Waals surface area contributed by atoms with E-state index in [0.29, 0.717) is 0 Å². The molecule has 2 nitrogen and oxygen atoms in total. The largest absolute Gasteiger partial charge is 0.309 e. The van der Waals surface area contributed by atoms with Crippen molar-refractivity contribution < 1.29 is 0 Å². The molecule has 1 aliphatic carbocycles. The van der Waals surface area contributed by atoms with E-state index < -0.39 is 0 Å². The van der Waals surface area contributed by atoms with E-state index >= 15 is 0 Å². The third kappa shape index (κ3) is 3.68. The molecule has 0 spiro atoms. The number of nitrogens with zero attached hydrogens (tertiary/aromatic N) is 2. The fourth-order valence-corrected chi connectivity index (χ4v) is 9.22. The summed E-state index contributed by atoms with van der Waals surface area (Å²) in [5.74, 6) is 0. The lowest BCUT2D eigenvalue weighted by molar-refractivity contribution is 1.18. The fourth-order valence-electron chi connectivity index (χ4n) is 9.22. The second-order valence-corrected chi connectivity index (χ2v) is 14.1. The number of aromatic nitrogens is 2. The molecule has 0 saturated heterocycles. The number of rotatable bonds is 3. The molecule has 11 aromatic rings. The van der Waals surface area contributed by atoms with Crippen LogP contribution in [0.3, 0.4) is 0 Å². The zero-order chi connectivity index (χ0) is 33.9. The minimum Gasteiger partial charge on any atom is -0.309 e. The molecule has 0 radical (unpaired) electrons. The van der Waals surface area contributed by atoms with Crippen LogP contribution in [0.5, 0.6) is 0 Å². The maximum Gasteiger partial charge on any atom is 0.0641 e. The molecule has 9 aromatic carbocycles. The van der Waals surface area contributed by atoms with Gasteiger partial charge in [-0.2, -0.15) is 0 Å². The van der Waals surface area contributed by atoms with Gasteiger partial charge in [0, 0.05) is 38.3 Å². The van der Waals surface area contributed by atoms with Crippen molar-refractivity contribution in [2.24, 2.45) is 0 Å². The Hall–Kier alpha value is -6.90. The van der Waals surface area contributed by atoms with Crippen LogP contribution in [0.15, 0.2) is 182 Å². The summed E-state index contributed by atoms with van der Waals surface area (Å²) in [7, 11) is 0. The summed E-state index contributed by atoms with van der Waals surface area (Å²) in [4.78, 5) is 0. The maximum atomic E-state index is 2.53. The average Bonchev–Trinajstić information content (AvgIpc) is 3.85. The van der Waals surface area contributed by atoms with E-state index in [1.807, 2.05) is 0 Å². The van der Waals surface area contributed by atoms with E-state index in [0.717, 1.165) is 5.69 Å². The predicted molar refractivity (Wildman–Crippen MR) is 220 cm³/mol. The van der Waals surface area contributed by atoms with Gasteiger partial charge in [-0.3, -0.25) is 0 Å². The second kappa shape index (κ2) is 10.3. The Kier molecular flexibility index (Phi) is 5.53. The summed E-state index contributed by atoms with van der Waals surface area (Å²) in [6.45, 7) is 0. The van der Waals surface area contributed by atoms with Crippen LogP contribution in [-0.4, -0.2) is 9.13 Å². The molecule has 0 aliphatic heterocycles. The Bertz CT molecular complexity index is 3270. The molecule has 2 heterocycles. The van der Waals surface area contributed by atoms with Crippen LogP contribution >= 0.6 is 0 Å². The molecule has 2 aromatic heterocycles. The van der Waals surface area contributed by atoms with E-state index in [1.165, 1.54) is 104 Å². The van der Waals surface area contributed by atoms with Crippen molar-refractivity contribution in [1.29, 1.82) is 0 Å². The van der Waals surface area contributed by atoms with Crippen molar-refractivity contribution >= 4 is 65.2 Å². The van der Waals surface area contributed by atoms with Gasteiger partial charge in [-0.05, 0) is 85.9 Å². The molecule has 0 bridgehead atoms. The number of benzene rings is 9. The molecule has 12 rings (SSSR count). The summed E-state index contributed by atoms with van der Waals surface area (Å²) in [6.07, 6.45) is 0. The summed E-state index contributed by atoms with van der Waals surface area (Å²) < 4.78 is 5.02. The van der Waals surface area contributed by atoms with E-state index in [2.05, 4.69) is 191 Å². The predicted octanol–water partition coefficient (Wildman–Crippen LogP) is 13.5. The van der Waals surface area contributed by atoms with Crippen LogP contribution < -0.4 is 0 Å². The SMILES string of the molecule is c1ccc(-c2ccc(-n3c4c5ccccc5ccc4c4ccc5c(c6ccccc6n5-c5cc6c7c(cccc7c5)-c5ccccc5-6)c43)cc2)cc1. The van der Waals surface area contributed by atoms with Gasteiger partial charge >= 0.3 is 0 Å². The molecule has 52 heavy (non-hydrogen) atoms. The van der Waals surface area contributed by atoms with Gasteiger partial charge in [0.15, 0.2) is 0 Å². The molecule has 0 unspecified atom stereocenters. The number of fused-ring (bicyclic) bond motifs is 12. The monoisotopic (exact) mass is 658 g/mol. The van der Waals surface area contributed by atoms with Crippen molar-refractivity contribution in [3.8, 4) is 44.8 Å². The highest BCUT2D eigenvalue weighted by Gasteiger charge is 2.25. The Morgan fingerprint density at radius 3 is 1.81 bits per heavy atom. The number of hydrogen-bond donors (Lipinski definition) is 0. The summed E-state index contributed by atoms with van der Waals surface area (Å²) >= 11 is 0. The Morgan fingerprint density at radius 2 is 0.942 bits per heavy atom. The average molecular weight is 659 g/mol. The highest BCUT2D eigenvalue weighted by Crippen LogP contribution is 2.49. The Balaban J connectivity index is 1.21. The molecule has 0 saturated carbocycles. The van der Waals surface area contributed by atoms with Gasteiger partial charge in [-0.25, -0.2) is 0 Å². The van der Waals surface area contributed by atoms with Crippen molar-refractivity contribution in [1.82, 2.24) is 9.13 Å². The highest BCUT2D eigenvalue weighted by molar-refractivity contribution is 6.29. The third-order valence-corrected chi connectivity index (χ3v) is 11.4. The number of para-hydroxylation sites is 1. The van der Waals surface area contributed by atoms with Crippen LogP contribution in [0.1, 0.15) is 0 Å². The van der Waals surface area contributed by atoms with E-state index in [9.17, 15) is 0 Å². The van der Waals surface area contributed by atoms with Crippen molar-refractivity contribution in [3.63, 3.8) is 0 Å². The van der Waals surface area contributed by atoms with Crippen molar-refractivity contribution in [2.75, 3.05) is 0 Å². The molecule has 0 atom stereocenters. The summed E-state index contributed by atoms with van der Waals surface area (Å²) in [6, 6.07) is 67.2. The minimum atomic E-state index is 1.16. The summed E-state index contributed by atoms with van der Waals surface area (Å²) in [5.41, 5.74) is 14.9. The van der Waals surface area contributed by atoms with Crippen molar-refractivity contribution in [2.45, 2.75) is 0 Å². The standard InChI is InChI=1S/C50H30N2/c1-2-11-31(12-3-1)32-21-24-35(25-22-32)52-49-37-15-5-4-13-33(37)23-26-41(49)42-27-28-46-48(50(42)52)43-18-8-9-20-45(43)51(46)36-29-34-14-10-19-40-38-16-6-7-17-39(38)44(30-36)47(34)40/h1-30H. The minimum absolute atomic E-state index is 1.16. The van der Waals surface area contributed by atoms with Gasteiger partial charge in [0.05, 0.1) is 22.1 Å². The molecule has 1 aliphatic rings. The van der Waals surface area contributed by atoms with Gasteiger partial charge in [0.25, 0.3) is 0 Å². The first kappa shape index (κ1) is 27.9. The molecule has 2 heteroatoms. The van der Waals surface area contributed by atoms with Gasteiger partial charge in [-0.15, -0.1) is 0 Å². The normalized spacial score (nSPS) is 12.2. The van der Waals surface area contributed by atoms with E-state index in [1.54, 1.807) is 0 Å². The zero-order valence-corrected chi connectivity index (χ0v) is 28.2. The van der Waals surface area contributed by atoms with Crippen LogP contribution in [0.4, 0.5) is 0 Å². The Morgan fingerprint density at radius 1 is 0.288 bits per heavy atom.